The molecule has 0 aromatic heterocycles. The van der Waals surface area contributed by atoms with Crippen LogP contribution in [0, 0.1) is 12.3 Å². The second kappa shape index (κ2) is 2.85. The summed E-state index contributed by atoms with van der Waals surface area (Å²) in [7, 11) is 0. The van der Waals surface area contributed by atoms with Gasteiger partial charge in [-0.05, 0) is 12.3 Å². The van der Waals surface area contributed by atoms with Crippen LogP contribution in [-0.2, 0) is 9.59 Å². The quantitative estimate of drug-likeness (QED) is 0.404. The second-order valence-corrected chi connectivity index (χ2v) is 3.98. The van der Waals surface area contributed by atoms with Gasteiger partial charge < -0.3 is 0 Å². The van der Waals surface area contributed by atoms with Gasteiger partial charge in [-0.25, -0.2) is 0 Å². The van der Waals surface area contributed by atoms with E-state index in [1.807, 2.05) is 13.8 Å². The van der Waals surface area contributed by atoms with E-state index < -0.39 is 0 Å². The summed E-state index contributed by atoms with van der Waals surface area (Å²) in [5.74, 6) is -0.127. The smallest absolute Gasteiger partial charge is 0.166 e. The van der Waals surface area contributed by atoms with Crippen LogP contribution in [0.2, 0.25) is 0 Å². The first-order valence-electron chi connectivity index (χ1n) is 4.02. The van der Waals surface area contributed by atoms with E-state index in [0.29, 0.717) is 12.8 Å². The molecule has 0 amide bonds. The van der Waals surface area contributed by atoms with Crippen molar-refractivity contribution in [2.75, 3.05) is 0 Å². The maximum absolute atomic E-state index is 11.3. The van der Waals surface area contributed by atoms with Crippen molar-refractivity contribution in [2.45, 2.75) is 26.7 Å². The zero-order valence-electron chi connectivity index (χ0n) is 7.52. The molecule has 2 nitrogen and oxygen atoms in total. The molecule has 1 aliphatic rings. The lowest BCUT2D eigenvalue weighted by Crippen LogP contribution is -2.31. The van der Waals surface area contributed by atoms with Gasteiger partial charge in [-0.3, -0.25) is 9.59 Å². The minimum Gasteiger partial charge on any atom is -0.294 e. The van der Waals surface area contributed by atoms with Gasteiger partial charge >= 0.3 is 0 Å². The van der Waals surface area contributed by atoms with Gasteiger partial charge in [0, 0.05) is 12.8 Å². The molecule has 0 N–H and O–H groups in total. The molecule has 0 spiro atoms. The molecule has 0 aliphatic heterocycles. The number of hydrogen-bond donors (Lipinski definition) is 0. The highest BCUT2D eigenvalue weighted by Gasteiger charge is 2.34. The Morgan fingerprint density at radius 2 is 1.67 bits per heavy atom. The van der Waals surface area contributed by atoms with Crippen molar-refractivity contribution in [3.63, 3.8) is 0 Å². The first-order valence-corrected chi connectivity index (χ1v) is 4.02. The molecule has 1 saturated carbocycles. The van der Waals surface area contributed by atoms with Crippen LogP contribution in [0.1, 0.15) is 26.7 Å². The van der Waals surface area contributed by atoms with E-state index in [1.54, 1.807) is 0 Å². The lowest BCUT2D eigenvalue weighted by molar-refractivity contribution is -0.127. The van der Waals surface area contributed by atoms with Crippen LogP contribution < -0.4 is 0 Å². The van der Waals surface area contributed by atoms with Crippen molar-refractivity contribution < 1.29 is 9.59 Å². The summed E-state index contributed by atoms with van der Waals surface area (Å²) >= 11 is 0. The third-order valence-electron chi connectivity index (χ3n) is 2.08. The van der Waals surface area contributed by atoms with Crippen LogP contribution in [0.25, 0.3) is 0 Å². The Kier molecular flexibility index (Phi) is 2.18. The van der Waals surface area contributed by atoms with E-state index in [-0.39, 0.29) is 22.6 Å². The predicted octanol–water partition coefficient (Wildman–Crippen LogP) is 1.71. The highest BCUT2D eigenvalue weighted by molar-refractivity contribution is 6.22. The molecular weight excluding hydrogens is 152 g/mol. The van der Waals surface area contributed by atoms with Crippen LogP contribution in [0.15, 0.2) is 11.6 Å². The zero-order chi connectivity index (χ0) is 9.35. The third-order valence-corrected chi connectivity index (χ3v) is 2.08. The van der Waals surface area contributed by atoms with Crippen molar-refractivity contribution in [3.8, 4) is 0 Å². The summed E-state index contributed by atoms with van der Waals surface area (Å²) < 4.78 is 0. The van der Waals surface area contributed by atoms with Gasteiger partial charge in [-0.15, -0.1) is 0 Å². The van der Waals surface area contributed by atoms with Crippen molar-refractivity contribution in [1.82, 2.24) is 0 Å². The van der Waals surface area contributed by atoms with Gasteiger partial charge in [-0.2, -0.15) is 0 Å². The van der Waals surface area contributed by atoms with E-state index in [2.05, 4.69) is 6.92 Å². The van der Waals surface area contributed by atoms with Gasteiger partial charge in [0.25, 0.3) is 0 Å². The maximum Gasteiger partial charge on any atom is 0.166 e. The fourth-order valence-corrected chi connectivity index (χ4v) is 1.51. The van der Waals surface area contributed by atoms with Gasteiger partial charge in [0.1, 0.15) is 0 Å². The Morgan fingerprint density at radius 1 is 1.25 bits per heavy atom. The van der Waals surface area contributed by atoms with Gasteiger partial charge in [0.05, 0.1) is 5.57 Å². The molecule has 0 saturated heterocycles. The molecule has 1 radical (unpaired) electrons. The summed E-state index contributed by atoms with van der Waals surface area (Å²) in [4.78, 5) is 22.6. The molecule has 65 valence electrons. The number of carbonyl (C=O) groups excluding carboxylic acids is 2. The molecule has 2 heteroatoms. The van der Waals surface area contributed by atoms with E-state index in [0.717, 1.165) is 0 Å². The SMILES string of the molecule is [CH2]C=C1C(=O)CC(C)(C)CC1=O. The van der Waals surface area contributed by atoms with Crippen molar-refractivity contribution in [3.05, 3.63) is 18.6 Å². The van der Waals surface area contributed by atoms with E-state index in [9.17, 15) is 9.59 Å². The fraction of sp³-hybridized carbons (Fsp3) is 0.500. The van der Waals surface area contributed by atoms with Crippen molar-refractivity contribution in [1.29, 1.82) is 0 Å². The van der Waals surface area contributed by atoms with Crippen molar-refractivity contribution in [2.24, 2.45) is 5.41 Å². The molecule has 0 heterocycles. The lowest BCUT2D eigenvalue weighted by Gasteiger charge is -2.28. The van der Waals surface area contributed by atoms with Gasteiger partial charge in [0.2, 0.25) is 0 Å². The Morgan fingerprint density at radius 3 is 2.00 bits per heavy atom. The molecule has 0 bridgehead atoms. The molecule has 0 aromatic carbocycles. The molecule has 1 rings (SSSR count). The molecule has 0 aromatic rings. The minimum absolute atomic E-state index is 0.0637. The normalized spacial score (nSPS) is 22.8. The Balaban J connectivity index is 2.93. The third kappa shape index (κ3) is 1.63. The second-order valence-electron chi connectivity index (χ2n) is 3.98. The van der Waals surface area contributed by atoms with Gasteiger partial charge in [-0.1, -0.05) is 19.9 Å². The molecule has 0 atom stereocenters. The van der Waals surface area contributed by atoms with E-state index >= 15 is 0 Å². The minimum atomic E-state index is -0.166. The highest BCUT2D eigenvalue weighted by atomic mass is 16.1. The summed E-state index contributed by atoms with van der Waals surface area (Å²) in [6.45, 7) is 7.32. The van der Waals surface area contributed by atoms with Crippen molar-refractivity contribution >= 4 is 11.6 Å². The predicted molar refractivity (Wildman–Crippen MR) is 46.5 cm³/mol. The largest absolute Gasteiger partial charge is 0.294 e. The Bertz CT molecular complexity index is 237. The number of ketones is 2. The van der Waals surface area contributed by atoms with E-state index in [1.165, 1.54) is 6.08 Å². The molecule has 0 unspecified atom stereocenters. The topological polar surface area (TPSA) is 34.1 Å². The average Bonchev–Trinajstić information content (AvgIpc) is 1.82. The lowest BCUT2D eigenvalue weighted by atomic mass is 9.74. The maximum atomic E-state index is 11.3. The van der Waals surface area contributed by atoms with Crippen LogP contribution in [-0.4, -0.2) is 11.6 Å². The van der Waals surface area contributed by atoms with Gasteiger partial charge in [0.15, 0.2) is 11.6 Å². The summed E-state index contributed by atoms with van der Waals surface area (Å²) in [5, 5.41) is 0. The Labute approximate surface area is 72.7 Å². The molecule has 1 fully saturated rings. The molecular formula is C10H13O2. The molecule has 1 aliphatic carbocycles. The first-order chi connectivity index (χ1) is 5.46. The number of Topliss-reactive ketones (excluding diaryl/α,β-unsaturated/α-hetero) is 2. The Hall–Kier alpha value is -0.920. The first kappa shape index (κ1) is 9.17. The number of rotatable bonds is 0. The standard InChI is InChI=1S/C10H13O2/c1-4-7-8(11)5-10(2,3)6-9(7)12/h4H,1,5-6H2,2-3H3. The summed E-state index contributed by atoms with van der Waals surface area (Å²) in [6.07, 6.45) is 2.29. The van der Waals surface area contributed by atoms with Crippen LogP contribution >= 0.6 is 0 Å². The average molecular weight is 165 g/mol. The summed E-state index contributed by atoms with van der Waals surface area (Å²) in [5.41, 5.74) is 0.120. The highest BCUT2D eigenvalue weighted by Crippen LogP contribution is 2.33. The number of allylic oxidation sites excluding steroid dienone is 2. The summed E-state index contributed by atoms with van der Waals surface area (Å²) in [6, 6.07) is 0. The van der Waals surface area contributed by atoms with Crippen LogP contribution in [0.4, 0.5) is 0 Å². The van der Waals surface area contributed by atoms with Crippen LogP contribution in [0.5, 0.6) is 0 Å². The monoisotopic (exact) mass is 165 g/mol. The zero-order valence-corrected chi connectivity index (χ0v) is 7.52. The molecule has 12 heavy (non-hydrogen) atoms. The number of hydrogen-bond acceptors (Lipinski definition) is 2. The van der Waals surface area contributed by atoms with Crippen LogP contribution in [0.3, 0.4) is 0 Å². The fourth-order valence-electron chi connectivity index (χ4n) is 1.51. The number of carbonyl (C=O) groups is 2. The van der Waals surface area contributed by atoms with E-state index in [4.69, 9.17) is 0 Å².